The van der Waals surface area contributed by atoms with Crippen molar-refractivity contribution in [3.63, 3.8) is 0 Å². The summed E-state index contributed by atoms with van der Waals surface area (Å²) in [6.45, 7) is 1.50. The van der Waals surface area contributed by atoms with E-state index in [0.29, 0.717) is 0 Å². The van der Waals surface area contributed by atoms with E-state index in [1.165, 1.54) is 55.7 Å². The summed E-state index contributed by atoms with van der Waals surface area (Å²) in [5.41, 5.74) is 0.231. The van der Waals surface area contributed by atoms with Gasteiger partial charge in [-0.05, 0) is 49.4 Å². The maximum atomic E-state index is 13.3. The average molecular weight is 613 g/mol. The van der Waals surface area contributed by atoms with Gasteiger partial charge in [-0.25, -0.2) is 22.9 Å². The summed E-state index contributed by atoms with van der Waals surface area (Å²) in [4.78, 5) is 29.6. The van der Waals surface area contributed by atoms with Crippen LogP contribution in [0, 0.1) is 0 Å². The Balaban J connectivity index is 1.44. The number of rotatable bonds is 4. The number of fused-ring (bicyclic) bond motifs is 2. The third-order valence-corrected chi connectivity index (χ3v) is 9.98. The highest BCUT2D eigenvalue weighted by atomic mass is 35.5. The largest absolute Gasteiger partial charge is 0.342 e. The molecule has 38 heavy (non-hydrogen) atoms. The molecule has 0 saturated carbocycles. The van der Waals surface area contributed by atoms with Crippen molar-refractivity contribution < 1.29 is 21.6 Å². The first-order valence-corrected chi connectivity index (χ1v) is 14.9. The van der Waals surface area contributed by atoms with Gasteiger partial charge in [-0.1, -0.05) is 23.2 Å². The fourth-order valence-corrected chi connectivity index (χ4v) is 7.45. The van der Waals surface area contributed by atoms with Crippen LogP contribution in [0.5, 0.6) is 0 Å². The monoisotopic (exact) mass is 612 g/mol. The van der Waals surface area contributed by atoms with Crippen LogP contribution in [0.1, 0.15) is 6.92 Å². The first-order chi connectivity index (χ1) is 17.8. The number of amides is 2. The van der Waals surface area contributed by atoms with Crippen molar-refractivity contribution in [2.45, 2.75) is 16.0 Å². The van der Waals surface area contributed by atoms with Gasteiger partial charge in [0, 0.05) is 5.69 Å². The predicted molar refractivity (Wildman–Crippen MR) is 145 cm³/mol. The van der Waals surface area contributed by atoms with E-state index in [1.54, 1.807) is 0 Å². The predicted octanol–water partition coefficient (Wildman–Crippen LogP) is 3.80. The average Bonchev–Trinajstić information content (AvgIpc) is 3.25. The van der Waals surface area contributed by atoms with Gasteiger partial charge in [-0.2, -0.15) is 8.42 Å². The smallest absolute Gasteiger partial charge is 0.333 e. The van der Waals surface area contributed by atoms with Crippen LogP contribution >= 0.6 is 34.5 Å². The van der Waals surface area contributed by atoms with Gasteiger partial charge in [0.1, 0.15) is 21.3 Å². The third kappa shape index (κ3) is 4.86. The zero-order valence-corrected chi connectivity index (χ0v) is 22.9. The molecule has 3 heterocycles. The Kier molecular flexibility index (Phi) is 6.43. The summed E-state index contributed by atoms with van der Waals surface area (Å²) >= 11 is 12.9. The Morgan fingerprint density at radius 1 is 1.13 bits per heavy atom. The fraction of sp³-hybridized carbons (Fsp3) is 0.0476. The number of benzene rings is 2. The second-order valence-corrected chi connectivity index (χ2v) is 13.5. The molecule has 0 radical (unpaired) electrons. The molecule has 1 aliphatic heterocycles. The Labute approximate surface area is 229 Å². The normalized spacial score (nSPS) is 14.3. The molecule has 1 aliphatic rings. The van der Waals surface area contributed by atoms with E-state index in [1.807, 2.05) is 4.72 Å². The van der Waals surface area contributed by atoms with Crippen LogP contribution in [0.25, 0.3) is 16.6 Å². The molecule has 0 bridgehead atoms. The van der Waals surface area contributed by atoms with Crippen LogP contribution < -0.4 is 20.9 Å². The zero-order chi connectivity index (χ0) is 27.4. The molecule has 2 aromatic heterocycles. The maximum absolute atomic E-state index is 13.3. The number of amidine groups is 1. The van der Waals surface area contributed by atoms with Crippen molar-refractivity contribution in [2.75, 3.05) is 10.6 Å². The molecule has 0 aliphatic carbocycles. The van der Waals surface area contributed by atoms with E-state index < -0.39 is 31.6 Å². The van der Waals surface area contributed by atoms with Crippen LogP contribution in [0.2, 0.25) is 9.36 Å². The lowest BCUT2D eigenvalue weighted by atomic mass is 10.2. The minimum Gasteiger partial charge on any atom is -0.342 e. The second kappa shape index (κ2) is 9.36. The van der Waals surface area contributed by atoms with E-state index in [2.05, 4.69) is 20.0 Å². The van der Waals surface area contributed by atoms with Gasteiger partial charge in [0.05, 0.1) is 31.6 Å². The first-order valence-electron chi connectivity index (χ1n) is 10.4. The molecule has 196 valence electrons. The summed E-state index contributed by atoms with van der Waals surface area (Å²) in [6, 6.07) is 8.36. The van der Waals surface area contributed by atoms with Gasteiger partial charge in [-0.3, -0.25) is 9.36 Å². The van der Waals surface area contributed by atoms with Crippen LogP contribution in [0.15, 0.2) is 67.1 Å². The molecule has 12 nitrogen and oxygen atoms in total. The lowest BCUT2D eigenvalue weighted by Gasteiger charge is -2.17. The molecule has 0 saturated heterocycles. The fourth-order valence-electron chi connectivity index (χ4n) is 3.63. The summed E-state index contributed by atoms with van der Waals surface area (Å²) in [7, 11) is -8.14. The van der Waals surface area contributed by atoms with Crippen molar-refractivity contribution in [2.24, 2.45) is 4.40 Å². The van der Waals surface area contributed by atoms with Crippen LogP contribution in [-0.4, -0.2) is 38.3 Å². The molecule has 17 heteroatoms. The molecule has 4 aromatic rings. The van der Waals surface area contributed by atoms with Crippen molar-refractivity contribution in [3.05, 3.63) is 68.5 Å². The van der Waals surface area contributed by atoms with E-state index in [-0.39, 0.29) is 52.3 Å². The second-order valence-electron chi connectivity index (χ2n) is 7.85. The summed E-state index contributed by atoms with van der Waals surface area (Å²) in [5.74, 6) is 0.188. The summed E-state index contributed by atoms with van der Waals surface area (Å²) < 4.78 is 56.3. The Bertz CT molecular complexity index is 1970. The number of hydrogen-bond acceptors (Lipinski definition) is 9. The number of anilines is 2. The number of carbonyl (C=O) groups excluding carboxylic acids is 1. The van der Waals surface area contributed by atoms with Crippen molar-refractivity contribution in [3.8, 4) is 5.69 Å². The number of sulfonamides is 2. The molecular formula is C21H14Cl2N6O6S3. The molecule has 3 N–H and O–H groups in total. The Hall–Kier alpha value is -3.50. The number of nitrogens with one attached hydrogen (secondary N) is 3. The number of aromatic nitrogens is 2. The molecule has 0 spiro atoms. The van der Waals surface area contributed by atoms with Gasteiger partial charge in [0.15, 0.2) is 0 Å². The van der Waals surface area contributed by atoms with Crippen LogP contribution in [0.3, 0.4) is 0 Å². The Morgan fingerprint density at radius 2 is 1.89 bits per heavy atom. The van der Waals surface area contributed by atoms with Gasteiger partial charge in [0.2, 0.25) is 0 Å². The molecule has 2 aromatic carbocycles. The third-order valence-electron chi connectivity index (χ3n) is 5.22. The van der Waals surface area contributed by atoms with Gasteiger partial charge in [-0.15, -0.1) is 15.7 Å². The number of halogens is 2. The van der Waals surface area contributed by atoms with E-state index in [4.69, 9.17) is 23.2 Å². The highest BCUT2D eigenvalue weighted by molar-refractivity contribution is 7.92. The first kappa shape index (κ1) is 26.1. The zero-order valence-electron chi connectivity index (χ0n) is 18.9. The van der Waals surface area contributed by atoms with Crippen LogP contribution in [-0.2, 0) is 20.0 Å². The molecular weight excluding hydrogens is 599 g/mol. The number of hydrogen-bond donors (Lipinski definition) is 3. The van der Waals surface area contributed by atoms with E-state index >= 15 is 0 Å². The van der Waals surface area contributed by atoms with Crippen molar-refractivity contribution >= 4 is 88.7 Å². The van der Waals surface area contributed by atoms with Crippen molar-refractivity contribution in [1.29, 1.82) is 0 Å². The Morgan fingerprint density at radius 3 is 2.58 bits per heavy atom. The highest BCUT2D eigenvalue weighted by Gasteiger charge is 2.25. The lowest BCUT2D eigenvalue weighted by Crippen LogP contribution is -2.33. The van der Waals surface area contributed by atoms with Crippen LogP contribution in [0.4, 0.5) is 16.2 Å². The van der Waals surface area contributed by atoms with E-state index in [0.717, 1.165) is 15.9 Å². The van der Waals surface area contributed by atoms with Crippen molar-refractivity contribution in [1.82, 2.24) is 14.3 Å². The molecule has 0 fully saturated rings. The van der Waals surface area contributed by atoms with E-state index in [9.17, 15) is 26.4 Å². The maximum Gasteiger partial charge on any atom is 0.333 e. The highest BCUT2D eigenvalue weighted by Crippen LogP contribution is 2.31. The van der Waals surface area contributed by atoms with Gasteiger partial charge in [0.25, 0.3) is 25.6 Å². The standard InChI is InChI=1S/C21H14Cl2N6O6S3/c1-10-25-15-8-14-12(7-17(15)37(32,33)27-10)20(30)29(9-24-14)16-3-2-11(6-13(16)22)26-21(31)28-38(34,35)19-5-4-18(23)36-19/h2-9H,1H3,(H,25,27)(H2,26,28,31). The SMILES string of the molecule is CC1=NS(=O)(=O)c2cc3c(=O)n(-c4ccc(NC(=O)NS(=O)(=O)c5ccc(Cl)s5)cc4Cl)cnc3cc2N1. The molecule has 0 unspecified atom stereocenters. The summed E-state index contributed by atoms with van der Waals surface area (Å²) in [6.07, 6.45) is 1.23. The topological polar surface area (TPSA) is 169 Å². The summed E-state index contributed by atoms with van der Waals surface area (Å²) in [5, 5.41) is 5.24. The van der Waals surface area contributed by atoms with Gasteiger partial charge >= 0.3 is 6.03 Å². The molecule has 0 atom stereocenters. The minimum atomic E-state index is -4.13. The lowest BCUT2D eigenvalue weighted by molar-refractivity contribution is 0.256. The van der Waals surface area contributed by atoms with Gasteiger partial charge < -0.3 is 10.6 Å². The molecule has 2 amide bonds. The molecule has 5 rings (SSSR count). The minimum absolute atomic E-state index is 0.0166. The number of carbonyl (C=O) groups is 1. The number of nitrogens with zero attached hydrogens (tertiary/aromatic N) is 3. The quantitative estimate of drug-likeness (QED) is 0.312. The number of urea groups is 1. The number of thiophene rings is 1.